The van der Waals surface area contributed by atoms with E-state index in [-0.39, 0.29) is 24.1 Å². The van der Waals surface area contributed by atoms with Gasteiger partial charge in [-0.15, -0.1) is 0 Å². The first kappa shape index (κ1) is 21.9. The predicted octanol–water partition coefficient (Wildman–Crippen LogP) is 3.17. The largest absolute Gasteiger partial charge is 0.491 e. The van der Waals surface area contributed by atoms with Crippen LogP contribution >= 0.6 is 0 Å². The molecule has 10 nitrogen and oxygen atoms in total. The van der Waals surface area contributed by atoms with Crippen LogP contribution in [0.5, 0.6) is 5.75 Å². The number of nitrogens with zero attached hydrogens (tertiary/aromatic N) is 4. The Morgan fingerprint density at radius 3 is 2.42 bits per heavy atom. The summed E-state index contributed by atoms with van der Waals surface area (Å²) < 4.78 is 5.58. The fourth-order valence-corrected chi connectivity index (χ4v) is 2.75. The average molecular weight is 424 g/mol. The summed E-state index contributed by atoms with van der Waals surface area (Å²) in [6, 6.07) is 16.1. The first-order valence-corrected chi connectivity index (χ1v) is 9.57. The molecule has 3 aromatic rings. The van der Waals surface area contributed by atoms with E-state index in [9.17, 15) is 15.2 Å². The summed E-state index contributed by atoms with van der Waals surface area (Å²) in [6.07, 6.45) is 0.571. The van der Waals surface area contributed by atoms with E-state index >= 15 is 0 Å². The molecule has 0 aliphatic rings. The highest BCUT2D eigenvalue weighted by atomic mass is 16.6. The molecule has 1 aromatic heterocycles. The standard InChI is InChI=1S/C21H24N6O4/c1-26(2)13-17(28)14-31-18-10-8-16(9-11-18)24-21-22-12-19(27(29)30)20(25-21)23-15-6-4-3-5-7-15/h3-12,17,28H,13-14H2,1-2H3,(H2,22,23,24,25). The van der Waals surface area contributed by atoms with E-state index in [1.54, 1.807) is 36.4 Å². The summed E-state index contributed by atoms with van der Waals surface area (Å²) >= 11 is 0. The van der Waals surface area contributed by atoms with Gasteiger partial charge in [-0.2, -0.15) is 4.98 Å². The molecule has 162 valence electrons. The minimum atomic E-state index is -0.586. The first-order chi connectivity index (χ1) is 14.9. The average Bonchev–Trinajstić information content (AvgIpc) is 2.73. The lowest BCUT2D eigenvalue weighted by molar-refractivity contribution is -0.384. The second-order valence-corrected chi connectivity index (χ2v) is 7.05. The molecule has 3 rings (SSSR count). The SMILES string of the molecule is CN(C)CC(O)COc1ccc(Nc2ncc([N+](=O)[O-])c(Nc3ccccc3)n2)cc1. The van der Waals surface area contributed by atoms with E-state index < -0.39 is 11.0 Å². The van der Waals surface area contributed by atoms with Crippen LogP contribution in [0.2, 0.25) is 0 Å². The fourth-order valence-electron chi connectivity index (χ4n) is 2.75. The van der Waals surface area contributed by atoms with Gasteiger partial charge in [-0.05, 0) is 50.5 Å². The van der Waals surface area contributed by atoms with Crippen molar-refractivity contribution in [3.63, 3.8) is 0 Å². The summed E-state index contributed by atoms with van der Waals surface area (Å²) in [5.74, 6) is 0.905. The van der Waals surface area contributed by atoms with Crippen molar-refractivity contribution in [3.8, 4) is 5.75 Å². The van der Waals surface area contributed by atoms with Crippen LogP contribution in [0.4, 0.5) is 28.8 Å². The molecule has 3 N–H and O–H groups in total. The molecule has 1 heterocycles. The number of likely N-dealkylation sites (N-methyl/N-ethyl adjacent to an activating group) is 1. The highest BCUT2D eigenvalue weighted by Crippen LogP contribution is 2.27. The maximum atomic E-state index is 11.3. The molecular weight excluding hydrogens is 400 g/mol. The monoisotopic (exact) mass is 424 g/mol. The zero-order valence-electron chi connectivity index (χ0n) is 17.2. The topological polar surface area (TPSA) is 126 Å². The third-order valence-corrected chi connectivity index (χ3v) is 4.13. The Kier molecular flexibility index (Phi) is 7.31. The number of aliphatic hydroxyl groups excluding tert-OH is 1. The van der Waals surface area contributed by atoms with Crippen molar-refractivity contribution >= 4 is 28.8 Å². The lowest BCUT2D eigenvalue weighted by Crippen LogP contribution is -2.30. The number of aliphatic hydroxyl groups is 1. The third kappa shape index (κ3) is 6.63. The Hall–Kier alpha value is -3.76. The number of benzene rings is 2. The molecule has 0 spiro atoms. The maximum Gasteiger partial charge on any atom is 0.329 e. The van der Waals surface area contributed by atoms with Crippen molar-refractivity contribution < 1.29 is 14.8 Å². The van der Waals surface area contributed by atoms with E-state index in [2.05, 4.69) is 20.6 Å². The lowest BCUT2D eigenvalue weighted by Gasteiger charge is -2.16. The van der Waals surface area contributed by atoms with Crippen LogP contribution in [0.15, 0.2) is 60.8 Å². The van der Waals surface area contributed by atoms with Crippen molar-refractivity contribution in [2.45, 2.75) is 6.10 Å². The zero-order chi connectivity index (χ0) is 22.2. The van der Waals surface area contributed by atoms with Crippen molar-refractivity contribution in [2.75, 3.05) is 37.9 Å². The molecule has 0 aliphatic heterocycles. The van der Waals surface area contributed by atoms with Crippen molar-refractivity contribution in [2.24, 2.45) is 0 Å². The minimum Gasteiger partial charge on any atom is -0.491 e. The molecule has 0 saturated heterocycles. The molecule has 1 atom stereocenters. The summed E-state index contributed by atoms with van der Waals surface area (Å²) in [5.41, 5.74) is 1.13. The third-order valence-electron chi connectivity index (χ3n) is 4.13. The second-order valence-electron chi connectivity index (χ2n) is 7.05. The molecule has 1 unspecified atom stereocenters. The number of hydrogen-bond acceptors (Lipinski definition) is 9. The van der Waals surface area contributed by atoms with Gasteiger partial charge in [0, 0.05) is 17.9 Å². The quantitative estimate of drug-likeness (QED) is 0.332. The highest BCUT2D eigenvalue weighted by molar-refractivity contribution is 5.67. The molecule has 10 heteroatoms. The normalized spacial score (nSPS) is 11.7. The van der Waals surface area contributed by atoms with Gasteiger partial charge in [-0.25, -0.2) is 4.98 Å². The Bertz CT molecular complexity index is 999. The Labute approximate surface area is 179 Å². The summed E-state index contributed by atoms with van der Waals surface area (Å²) in [7, 11) is 3.76. The second kappa shape index (κ2) is 10.3. The highest BCUT2D eigenvalue weighted by Gasteiger charge is 2.17. The summed E-state index contributed by atoms with van der Waals surface area (Å²) in [5, 5.41) is 27.2. The predicted molar refractivity (Wildman–Crippen MR) is 118 cm³/mol. The van der Waals surface area contributed by atoms with Gasteiger partial charge < -0.3 is 25.4 Å². The molecule has 0 amide bonds. The molecule has 0 saturated carbocycles. The van der Waals surface area contributed by atoms with Gasteiger partial charge in [0.1, 0.15) is 24.7 Å². The number of nitrogens with one attached hydrogen (secondary N) is 2. The number of para-hydroxylation sites is 1. The van der Waals surface area contributed by atoms with Gasteiger partial charge >= 0.3 is 5.69 Å². The van der Waals surface area contributed by atoms with Crippen molar-refractivity contribution in [3.05, 3.63) is 70.9 Å². The minimum absolute atomic E-state index is 0.0866. The number of rotatable bonds is 10. The Morgan fingerprint density at radius 1 is 1.10 bits per heavy atom. The zero-order valence-corrected chi connectivity index (χ0v) is 17.2. The molecule has 0 aliphatic carbocycles. The molecule has 2 aromatic carbocycles. The van der Waals surface area contributed by atoms with Crippen LogP contribution in [0.1, 0.15) is 0 Å². The van der Waals surface area contributed by atoms with Crippen LogP contribution in [0, 0.1) is 10.1 Å². The van der Waals surface area contributed by atoms with Crippen molar-refractivity contribution in [1.29, 1.82) is 0 Å². The van der Waals surface area contributed by atoms with Gasteiger partial charge in [-0.1, -0.05) is 18.2 Å². The van der Waals surface area contributed by atoms with E-state index in [1.807, 2.05) is 37.2 Å². The van der Waals surface area contributed by atoms with Gasteiger partial charge in [0.15, 0.2) is 0 Å². The van der Waals surface area contributed by atoms with E-state index in [0.717, 1.165) is 6.20 Å². The van der Waals surface area contributed by atoms with Crippen molar-refractivity contribution in [1.82, 2.24) is 14.9 Å². The summed E-state index contributed by atoms with van der Waals surface area (Å²) in [6.45, 7) is 0.696. The first-order valence-electron chi connectivity index (χ1n) is 9.57. The van der Waals surface area contributed by atoms with Gasteiger partial charge in [0.2, 0.25) is 11.8 Å². The number of ether oxygens (including phenoxy) is 1. The van der Waals surface area contributed by atoms with E-state index in [0.29, 0.717) is 23.7 Å². The Balaban J connectivity index is 1.68. The fraction of sp³-hybridized carbons (Fsp3) is 0.238. The number of anilines is 4. The molecule has 0 radical (unpaired) electrons. The Morgan fingerprint density at radius 2 is 1.77 bits per heavy atom. The van der Waals surface area contributed by atoms with Crippen LogP contribution in [-0.2, 0) is 0 Å². The van der Waals surface area contributed by atoms with E-state index in [4.69, 9.17) is 4.74 Å². The number of aromatic nitrogens is 2. The molecule has 31 heavy (non-hydrogen) atoms. The van der Waals surface area contributed by atoms with Crippen LogP contribution < -0.4 is 15.4 Å². The molecule has 0 fully saturated rings. The van der Waals surface area contributed by atoms with Gasteiger partial charge in [0.25, 0.3) is 0 Å². The van der Waals surface area contributed by atoms with Crippen LogP contribution in [0.25, 0.3) is 0 Å². The number of nitro groups is 1. The maximum absolute atomic E-state index is 11.3. The summed E-state index contributed by atoms with van der Waals surface area (Å²) in [4.78, 5) is 20.9. The van der Waals surface area contributed by atoms with E-state index in [1.165, 1.54) is 0 Å². The van der Waals surface area contributed by atoms with Crippen LogP contribution in [-0.4, -0.2) is 58.2 Å². The lowest BCUT2D eigenvalue weighted by atomic mass is 10.3. The van der Waals surface area contributed by atoms with Gasteiger partial charge in [-0.3, -0.25) is 10.1 Å². The van der Waals surface area contributed by atoms with Gasteiger partial charge in [0.05, 0.1) is 4.92 Å². The molecular formula is C21H24N6O4. The molecule has 0 bridgehead atoms. The number of hydrogen-bond donors (Lipinski definition) is 3. The smallest absolute Gasteiger partial charge is 0.329 e. The van der Waals surface area contributed by atoms with Crippen LogP contribution in [0.3, 0.4) is 0 Å².